The number of hydrogen-bond donors (Lipinski definition) is 1. The van der Waals surface area contributed by atoms with Crippen molar-refractivity contribution in [3.8, 4) is 0 Å². The molecule has 3 heteroatoms. The van der Waals surface area contributed by atoms with Gasteiger partial charge in [0.2, 0.25) is 0 Å². The fraction of sp³-hybridized carbons (Fsp3) is 0.214. The van der Waals surface area contributed by atoms with Crippen LogP contribution >= 0.6 is 0 Å². The first-order valence-electron chi connectivity index (χ1n) is 5.44. The van der Waals surface area contributed by atoms with E-state index < -0.39 is 11.9 Å². The lowest BCUT2D eigenvalue weighted by Gasteiger charge is -2.13. The van der Waals surface area contributed by atoms with Crippen LogP contribution in [0.3, 0.4) is 0 Å². The molecule has 1 unspecified atom stereocenters. The third kappa shape index (κ3) is 2.50. The number of halogens is 1. The Hall–Kier alpha value is -1.74. The number of rotatable bonds is 2. The predicted molar refractivity (Wildman–Crippen MR) is 64.2 cm³/mol. The molecule has 0 saturated carbocycles. The Kier molecular flexibility index (Phi) is 3.20. The molecule has 0 fully saturated rings. The highest BCUT2D eigenvalue weighted by atomic mass is 19.1. The van der Waals surface area contributed by atoms with Gasteiger partial charge in [-0.1, -0.05) is 23.8 Å². The molecule has 1 atom stereocenters. The summed E-state index contributed by atoms with van der Waals surface area (Å²) < 4.78 is 12.7. The van der Waals surface area contributed by atoms with E-state index in [2.05, 4.69) is 4.98 Å². The van der Waals surface area contributed by atoms with Crippen LogP contribution in [0.25, 0.3) is 0 Å². The van der Waals surface area contributed by atoms with Gasteiger partial charge in [-0.15, -0.1) is 0 Å². The van der Waals surface area contributed by atoms with E-state index in [0.717, 1.165) is 22.9 Å². The zero-order valence-electron chi connectivity index (χ0n) is 9.81. The van der Waals surface area contributed by atoms with Gasteiger partial charge < -0.3 is 5.11 Å². The molecule has 2 nitrogen and oxygen atoms in total. The fourth-order valence-electron chi connectivity index (χ4n) is 1.84. The average molecular weight is 231 g/mol. The molecule has 0 bridgehead atoms. The number of aliphatic hydroxyl groups is 1. The van der Waals surface area contributed by atoms with Crippen LogP contribution in [0.4, 0.5) is 4.39 Å². The Morgan fingerprint density at radius 3 is 2.53 bits per heavy atom. The molecule has 0 amide bonds. The molecular weight excluding hydrogens is 217 g/mol. The van der Waals surface area contributed by atoms with Gasteiger partial charge >= 0.3 is 0 Å². The van der Waals surface area contributed by atoms with E-state index in [4.69, 9.17) is 0 Å². The largest absolute Gasteiger partial charge is 0.382 e. The third-order valence-electron chi connectivity index (χ3n) is 2.75. The maximum atomic E-state index is 12.7. The molecule has 17 heavy (non-hydrogen) atoms. The van der Waals surface area contributed by atoms with Crippen molar-refractivity contribution in [1.29, 1.82) is 0 Å². The molecule has 2 rings (SSSR count). The number of aryl methyl sites for hydroxylation is 2. The molecule has 1 aromatic carbocycles. The quantitative estimate of drug-likeness (QED) is 0.862. The molecule has 1 heterocycles. The number of nitrogens with zero attached hydrogens (tertiary/aromatic N) is 1. The molecule has 0 saturated heterocycles. The van der Waals surface area contributed by atoms with E-state index in [1.54, 1.807) is 0 Å². The van der Waals surface area contributed by atoms with Crippen LogP contribution in [0.15, 0.2) is 36.5 Å². The summed E-state index contributed by atoms with van der Waals surface area (Å²) in [7, 11) is 0. The molecule has 0 aliphatic rings. The smallest absolute Gasteiger partial charge is 0.141 e. The fourth-order valence-corrected chi connectivity index (χ4v) is 1.84. The van der Waals surface area contributed by atoms with Gasteiger partial charge in [-0.2, -0.15) is 0 Å². The summed E-state index contributed by atoms with van der Waals surface area (Å²) in [5, 5.41) is 10.2. The van der Waals surface area contributed by atoms with Crippen molar-refractivity contribution in [3.63, 3.8) is 0 Å². The number of aromatic nitrogens is 1. The summed E-state index contributed by atoms with van der Waals surface area (Å²) >= 11 is 0. The van der Waals surface area contributed by atoms with E-state index in [0.29, 0.717) is 5.69 Å². The molecule has 0 aliphatic heterocycles. The van der Waals surface area contributed by atoms with Crippen molar-refractivity contribution in [1.82, 2.24) is 4.98 Å². The van der Waals surface area contributed by atoms with E-state index in [1.165, 1.54) is 12.1 Å². The van der Waals surface area contributed by atoms with Crippen molar-refractivity contribution < 1.29 is 9.50 Å². The van der Waals surface area contributed by atoms with Gasteiger partial charge in [0.25, 0.3) is 0 Å². The van der Waals surface area contributed by atoms with Gasteiger partial charge in [-0.25, -0.2) is 4.39 Å². The third-order valence-corrected chi connectivity index (χ3v) is 2.75. The molecule has 2 aromatic rings. The Labute approximate surface area is 99.8 Å². The number of benzene rings is 1. The Balaban J connectivity index is 2.36. The molecule has 88 valence electrons. The summed E-state index contributed by atoms with van der Waals surface area (Å²) in [5.74, 6) is -0.401. The minimum atomic E-state index is -0.809. The Morgan fingerprint density at radius 1 is 1.18 bits per heavy atom. The standard InChI is InChI=1S/C14H14FNO/c1-9-3-5-12(10(2)7-9)14(17)13-6-4-11(15)8-16-13/h3-8,14,17H,1-2H3. The summed E-state index contributed by atoms with van der Waals surface area (Å²) in [6.45, 7) is 3.94. The highest BCUT2D eigenvalue weighted by Gasteiger charge is 2.14. The molecule has 0 spiro atoms. The normalized spacial score (nSPS) is 12.5. The highest BCUT2D eigenvalue weighted by molar-refractivity contribution is 5.35. The van der Waals surface area contributed by atoms with E-state index in [1.807, 2.05) is 32.0 Å². The zero-order chi connectivity index (χ0) is 12.4. The lowest BCUT2D eigenvalue weighted by atomic mass is 9.99. The SMILES string of the molecule is Cc1ccc(C(O)c2ccc(F)cn2)c(C)c1. The molecule has 1 N–H and O–H groups in total. The number of aliphatic hydroxyl groups excluding tert-OH is 1. The second-order valence-corrected chi connectivity index (χ2v) is 4.16. The zero-order valence-corrected chi connectivity index (χ0v) is 9.81. The van der Waals surface area contributed by atoms with Crippen molar-refractivity contribution in [2.75, 3.05) is 0 Å². The summed E-state index contributed by atoms with van der Waals surface area (Å²) in [5.41, 5.74) is 3.40. The van der Waals surface area contributed by atoms with Crippen LogP contribution < -0.4 is 0 Å². The van der Waals surface area contributed by atoms with Crippen molar-refractivity contribution in [3.05, 3.63) is 64.7 Å². The van der Waals surface area contributed by atoms with Gasteiger partial charge in [0, 0.05) is 0 Å². The van der Waals surface area contributed by atoms with E-state index >= 15 is 0 Å². The molecule has 1 aromatic heterocycles. The lowest BCUT2D eigenvalue weighted by molar-refractivity contribution is 0.214. The minimum absolute atomic E-state index is 0.401. The molecule has 0 aliphatic carbocycles. The van der Waals surface area contributed by atoms with Crippen LogP contribution in [0.1, 0.15) is 28.5 Å². The Morgan fingerprint density at radius 2 is 1.94 bits per heavy atom. The van der Waals surface area contributed by atoms with E-state index in [-0.39, 0.29) is 0 Å². The van der Waals surface area contributed by atoms with Gasteiger partial charge in [-0.3, -0.25) is 4.98 Å². The van der Waals surface area contributed by atoms with Crippen LogP contribution in [-0.2, 0) is 0 Å². The average Bonchev–Trinajstić information content (AvgIpc) is 2.29. The van der Waals surface area contributed by atoms with Crippen LogP contribution in [0, 0.1) is 19.7 Å². The maximum absolute atomic E-state index is 12.7. The van der Waals surface area contributed by atoms with Gasteiger partial charge in [-0.05, 0) is 37.1 Å². The minimum Gasteiger partial charge on any atom is -0.382 e. The second-order valence-electron chi connectivity index (χ2n) is 4.16. The summed E-state index contributed by atoms with van der Waals surface area (Å²) in [6, 6.07) is 8.62. The maximum Gasteiger partial charge on any atom is 0.141 e. The van der Waals surface area contributed by atoms with Gasteiger partial charge in [0.1, 0.15) is 11.9 Å². The van der Waals surface area contributed by atoms with Crippen LogP contribution in [0.2, 0.25) is 0 Å². The van der Waals surface area contributed by atoms with Crippen molar-refractivity contribution in [2.45, 2.75) is 20.0 Å². The second kappa shape index (κ2) is 4.63. The monoisotopic (exact) mass is 231 g/mol. The van der Waals surface area contributed by atoms with E-state index in [9.17, 15) is 9.50 Å². The first-order valence-corrected chi connectivity index (χ1v) is 5.44. The topological polar surface area (TPSA) is 33.1 Å². The predicted octanol–water partition coefficient (Wildman–Crippen LogP) is 2.92. The molecule has 0 radical (unpaired) electrons. The van der Waals surface area contributed by atoms with Crippen molar-refractivity contribution in [2.24, 2.45) is 0 Å². The van der Waals surface area contributed by atoms with Gasteiger partial charge in [0.15, 0.2) is 0 Å². The Bertz CT molecular complexity index is 522. The first kappa shape index (κ1) is 11.7. The lowest BCUT2D eigenvalue weighted by Crippen LogP contribution is -2.04. The molecular formula is C14H14FNO. The summed E-state index contributed by atoms with van der Waals surface area (Å²) in [6.07, 6.45) is 0.304. The number of hydrogen-bond acceptors (Lipinski definition) is 2. The van der Waals surface area contributed by atoms with Gasteiger partial charge in [0.05, 0.1) is 11.9 Å². The summed E-state index contributed by atoms with van der Waals surface area (Å²) in [4.78, 5) is 3.89. The number of pyridine rings is 1. The highest BCUT2D eigenvalue weighted by Crippen LogP contribution is 2.24. The van der Waals surface area contributed by atoms with Crippen LogP contribution in [-0.4, -0.2) is 10.1 Å². The van der Waals surface area contributed by atoms with Crippen molar-refractivity contribution >= 4 is 0 Å². The van der Waals surface area contributed by atoms with Crippen LogP contribution in [0.5, 0.6) is 0 Å². The first-order chi connectivity index (χ1) is 8.08.